The predicted molar refractivity (Wildman–Crippen MR) is 80.5 cm³/mol. The van der Waals surface area contributed by atoms with E-state index in [1.54, 1.807) is 6.20 Å². The first-order valence-corrected chi connectivity index (χ1v) is 7.55. The second-order valence-corrected chi connectivity index (χ2v) is 5.20. The highest BCUT2D eigenvalue weighted by Gasteiger charge is 2.08. The van der Waals surface area contributed by atoms with E-state index in [4.69, 9.17) is 5.11 Å². The topological polar surface area (TPSA) is 53.4 Å². The zero-order chi connectivity index (χ0) is 14.6. The van der Waals surface area contributed by atoms with Gasteiger partial charge >= 0.3 is 5.97 Å². The minimum Gasteiger partial charge on any atom is -0.481 e. The summed E-state index contributed by atoms with van der Waals surface area (Å²) < 4.78 is 0. The minimum atomic E-state index is -0.729. The Kier molecular flexibility index (Phi) is 8.63. The number of rotatable bonds is 11. The summed E-state index contributed by atoms with van der Waals surface area (Å²) in [5, 5.41) is 8.83. The van der Waals surface area contributed by atoms with Crippen molar-refractivity contribution in [3.05, 3.63) is 30.1 Å². The predicted octanol–water partition coefficient (Wildman–Crippen LogP) is 3.33. The summed E-state index contributed by atoms with van der Waals surface area (Å²) in [5.74, 6) is -0.729. The standard InChI is InChI=1S/C16H26N2O2/c1-2-3-4-5-6-11-18(12-9-16(19)20)14-15-8-7-10-17-13-15/h7-8,10,13H,2-6,9,11-12,14H2,1H3,(H,19,20). The Morgan fingerprint density at radius 1 is 1.25 bits per heavy atom. The molecule has 0 amide bonds. The van der Waals surface area contributed by atoms with Crippen LogP contribution in [0.5, 0.6) is 0 Å². The van der Waals surface area contributed by atoms with Gasteiger partial charge in [0.05, 0.1) is 6.42 Å². The molecule has 20 heavy (non-hydrogen) atoms. The Hall–Kier alpha value is -1.42. The fourth-order valence-corrected chi connectivity index (χ4v) is 2.21. The molecule has 0 saturated heterocycles. The van der Waals surface area contributed by atoms with E-state index in [1.165, 1.54) is 25.7 Å². The van der Waals surface area contributed by atoms with Gasteiger partial charge in [0.2, 0.25) is 0 Å². The van der Waals surface area contributed by atoms with Gasteiger partial charge in [-0.2, -0.15) is 0 Å². The summed E-state index contributed by atoms with van der Waals surface area (Å²) in [6.45, 7) is 4.57. The van der Waals surface area contributed by atoms with Crippen LogP contribution < -0.4 is 0 Å². The van der Waals surface area contributed by atoms with E-state index in [1.807, 2.05) is 18.3 Å². The summed E-state index contributed by atoms with van der Waals surface area (Å²) >= 11 is 0. The summed E-state index contributed by atoms with van der Waals surface area (Å²) in [6.07, 6.45) is 9.99. The van der Waals surface area contributed by atoms with Crippen molar-refractivity contribution in [2.24, 2.45) is 0 Å². The average Bonchev–Trinajstić information content (AvgIpc) is 2.45. The van der Waals surface area contributed by atoms with E-state index in [0.717, 1.165) is 25.1 Å². The Morgan fingerprint density at radius 2 is 2.05 bits per heavy atom. The van der Waals surface area contributed by atoms with Crippen molar-refractivity contribution >= 4 is 5.97 Å². The lowest BCUT2D eigenvalue weighted by Crippen LogP contribution is -2.27. The van der Waals surface area contributed by atoms with Crippen LogP contribution in [-0.4, -0.2) is 34.0 Å². The molecule has 0 atom stereocenters. The van der Waals surface area contributed by atoms with E-state index in [9.17, 15) is 4.79 Å². The monoisotopic (exact) mass is 278 g/mol. The highest BCUT2D eigenvalue weighted by molar-refractivity contribution is 5.66. The van der Waals surface area contributed by atoms with Gasteiger partial charge in [0, 0.05) is 25.5 Å². The molecule has 0 aliphatic heterocycles. The van der Waals surface area contributed by atoms with Crippen LogP contribution in [0.4, 0.5) is 0 Å². The number of carbonyl (C=O) groups is 1. The molecule has 112 valence electrons. The summed E-state index contributed by atoms with van der Waals surface area (Å²) in [6, 6.07) is 3.96. The number of unbranched alkanes of at least 4 members (excludes halogenated alkanes) is 4. The van der Waals surface area contributed by atoms with Crippen LogP contribution in [0.2, 0.25) is 0 Å². The molecule has 4 heteroatoms. The lowest BCUT2D eigenvalue weighted by Gasteiger charge is -2.21. The largest absolute Gasteiger partial charge is 0.481 e. The van der Waals surface area contributed by atoms with Crippen molar-refractivity contribution in [1.29, 1.82) is 0 Å². The van der Waals surface area contributed by atoms with Gasteiger partial charge in [-0.3, -0.25) is 14.7 Å². The van der Waals surface area contributed by atoms with Crippen molar-refractivity contribution in [1.82, 2.24) is 9.88 Å². The molecule has 0 bridgehead atoms. The van der Waals surface area contributed by atoms with Crippen molar-refractivity contribution in [2.75, 3.05) is 13.1 Å². The third-order valence-corrected chi connectivity index (χ3v) is 3.35. The summed E-state index contributed by atoms with van der Waals surface area (Å²) in [5.41, 5.74) is 1.14. The molecule has 0 spiro atoms. The van der Waals surface area contributed by atoms with Gasteiger partial charge < -0.3 is 5.11 Å². The number of carboxylic acid groups (broad SMARTS) is 1. The number of aromatic nitrogens is 1. The molecule has 0 aromatic carbocycles. The smallest absolute Gasteiger partial charge is 0.304 e. The Bertz CT molecular complexity index is 368. The SMILES string of the molecule is CCCCCCCN(CCC(=O)O)Cc1cccnc1. The lowest BCUT2D eigenvalue weighted by molar-refractivity contribution is -0.137. The van der Waals surface area contributed by atoms with Crippen LogP contribution in [-0.2, 0) is 11.3 Å². The molecule has 0 radical (unpaired) electrons. The molecule has 0 fully saturated rings. The quantitative estimate of drug-likeness (QED) is 0.631. The number of pyridine rings is 1. The maximum Gasteiger partial charge on any atom is 0.304 e. The number of hydrogen-bond acceptors (Lipinski definition) is 3. The normalized spacial score (nSPS) is 10.9. The first-order chi connectivity index (χ1) is 9.72. The van der Waals surface area contributed by atoms with E-state index < -0.39 is 5.97 Å². The fraction of sp³-hybridized carbons (Fsp3) is 0.625. The van der Waals surface area contributed by atoms with E-state index >= 15 is 0 Å². The van der Waals surface area contributed by atoms with Gasteiger partial charge in [-0.15, -0.1) is 0 Å². The number of carboxylic acids is 1. The van der Waals surface area contributed by atoms with Crippen molar-refractivity contribution in [3.8, 4) is 0 Å². The molecule has 4 nitrogen and oxygen atoms in total. The van der Waals surface area contributed by atoms with Gasteiger partial charge in [0.25, 0.3) is 0 Å². The Balaban J connectivity index is 2.37. The molecule has 1 aromatic heterocycles. The number of aliphatic carboxylic acids is 1. The van der Waals surface area contributed by atoms with Gasteiger partial charge in [-0.05, 0) is 24.6 Å². The van der Waals surface area contributed by atoms with Gasteiger partial charge in [-0.1, -0.05) is 38.7 Å². The van der Waals surface area contributed by atoms with E-state index in [-0.39, 0.29) is 6.42 Å². The van der Waals surface area contributed by atoms with Gasteiger partial charge in [-0.25, -0.2) is 0 Å². The van der Waals surface area contributed by atoms with E-state index in [2.05, 4.69) is 16.8 Å². The third-order valence-electron chi connectivity index (χ3n) is 3.35. The zero-order valence-corrected chi connectivity index (χ0v) is 12.4. The minimum absolute atomic E-state index is 0.204. The molecule has 1 heterocycles. The summed E-state index contributed by atoms with van der Waals surface area (Å²) in [7, 11) is 0. The molecule has 0 aliphatic rings. The average molecular weight is 278 g/mol. The van der Waals surface area contributed by atoms with Gasteiger partial charge in [0.1, 0.15) is 0 Å². The van der Waals surface area contributed by atoms with Crippen LogP contribution in [0.15, 0.2) is 24.5 Å². The molecule has 1 N–H and O–H groups in total. The molecule has 1 aromatic rings. The summed E-state index contributed by atoms with van der Waals surface area (Å²) in [4.78, 5) is 17.1. The molecular weight excluding hydrogens is 252 g/mol. The van der Waals surface area contributed by atoms with Crippen molar-refractivity contribution in [2.45, 2.75) is 52.0 Å². The van der Waals surface area contributed by atoms with Crippen LogP contribution in [0.1, 0.15) is 51.0 Å². The fourth-order valence-electron chi connectivity index (χ4n) is 2.21. The van der Waals surface area contributed by atoms with Gasteiger partial charge in [0.15, 0.2) is 0 Å². The molecule has 1 rings (SSSR count). The van der Waals surface area contributed by atoms with Crippen LogP contribution in [0.3, 0.4) is 0 Å². The highest BCUT2D eigenvalue weighted by Crippen LogP contribution is 2.08. The maximum atomic E-state index is 10.7. The number of nitrogens with zero attached hydrogens (tertiary/aromatic N) is 2. The number of hydrogen-bond donors (Lipinski definition) is 1. The van der Waals surface area contributed by atoms with Crippen LogP contribution in [0.25, 0.3) is 0 Å². The van der Waals surface area contributed by atoms with Crippen LogP contribution in [0, 0.1) is 0 Å². The lowest BCUT2D eigenvalue weighted by atomic mass is 10.1. The maximum absolute atomic E-state index is 10.7. The molecule has 0 aliphatic carbocycles. The Labute approximate surface area is 121 Å². The van der Waals surface area contributed by atoms with Crippen molar-refractivity contribution < 1.29 is 9.90 Å². The highest BCUT2D eigenvalue weighted by atomic mass is 16.4. The second-order valence-electron chi connectivity index (χ2n) is 5.20. The molecular formula is C16H26N2O2. The second kappa shape index (κ2) is 10.4. The molecule has 0 unspecified atom stereocenters. The third kappa shape index (κ3) is 7.89. The van der Waals surface area contributed by atoms with Crippen molar-refractivity contribution in [3.63, 3.8) is 0 Å². The van der Waals surface area contributed by atoms with E-state index in [0.29, 0.717) is 6.54 Å². The van der Waals surface area contributed by atoms with Crippen LogP contribution >= 0.6 is 0 Å². The first kappa shape index (κ1) is 16.6. The first-order valence-electron chi connectivity index (χ1n) is 7.55. The molecule has 0 saturated carbocycles. The zero-order valence-electron chi connectivity index (χ0n) is 12.4. The Morgan fingerprint density at radius 3 is 2.70 bits per heavy atom.